The Labute approximate surface area is 172 Å². The molecule has 0 saturated heterocycles. The van der Waals surface area contributed by atoms with Crippen molar-refractivity contribution < 1.29 is 9.53 Å². The summed E-state index contributed by atoms with van der Waals surface area (Å²) >= 11 is 0. The van der Waals surface area contributed by atoms with Gasteiger partial charge in [-0.25, -0.2) is 0 Å². The van der Waals surface area contributed by atoms with Crippen LogP contribution in [0.4, 0.5) is 0 Å². The summed E-state index contributed by atoms with van der Waals surface area (Å²) < 4.78 is 7.34. The van der Waals surface area contributed by atoms with E-state index in [9.17, 15) is 4.79 Å². The van der Waals surface area contributed by atoms with E-state index in [2.05, 4.69) is 22.5 Å². The number of hydrogen-bond donors (Lipinski definition) is 1. The lowest BCUT2D eigenvalue weighted by Crippen LogP contribution is -2.21. The van der Waals surface area contributed by atoms with Crippen molar-refractivity contribution in [3.8, 4) is 5.75 Å². The van der Waals surface area contributed by atoms with E-state index in [0.717, 1.165) is 33.8 Å². The Bertz CT molecular complexity index is 1020. The molecule has 1 N–H and O–H groups in total. The molecular weight excluding hydrogens is 362 g/mol. The van der Waals surface area contributed by atoms with Crippen molar-refractivity contribution in [1.29, 1.82) is 0 Å². The minimum atomic E-state index is -0.150. The molecule has 5 nitrogen and oxygen atoms in total. The third-order valence-electron chi connectivity index (χ3n) is 4.95. The average Bonchev–Trinajstić information content (AvgIpc) is 2.98. The molecule has 1 aromatic heterocycles. The van der Waals surface area contributed by atoms with Crippen molar-refractivity contribution >= 4 is 12.0 Å². The number of nitrogens with one attached hydrogen (secondary N) is 1. The van der Waals surface area contributed by atoms with Crippen LogP contribution in [0.15, 0.2) is 54.6 Å². The van der Waals surface area contributed by atoms with Gasteiger partial charge in [-0.3, -0.25) is 9.48 Å². The highest BCUT2D eigenvalue weighted by Crippen LogP contribution is 2.21. The van der Waals surface area contributed by atoms with Crippen LogP contribution in [-0.2, 0) is 17.9 Å². The molecule has 0 atom stereocenters. The van der Waals surface area contributed by atoms with Crippen molar-refractivity contribution in [2.75, 3.05) is 7.11 Å². The molecule has 0 unspecified atom stereocenters. The summed E-state index contributed by atoms with van der Waals surface area (Å²) in [6, 6.07) is 16.1. The topological polar surface area (TPSA) is 56.1 Å². The minimum absolute atomic E-state index is 0.150. The van der Waals surface area contributed by atoms with E-state index in [4.69, 9.17) is 4.74 Å². The summed E-state index contributed by atoms with van der Waals surface area (Å²) in [5, 5.41) is 7.60. The summed E-state index contributed by atoms with van der Waals surface area (Å²) in [4.78, 5) is 12.3. The van der Waals surface area contributed by atoms with Crippen LogP contribution in [0.1, 0.15) is 33.6 Å². The zero-order valence-electron chi connectivity index (χ0n) is 17.4. The largest absolute Gasteiger partial charge is 0.496 e. The normalized spacial score (nSPS) is 11.0. The number of benzene rings is 2. The molecule has 0 saturated carbocycles. The molecule has 0 aliphatic rings. The first kappa shape index (κ1) is 20.4. The zero-order chi connectivity index (χ0) is 20.8. The van der Waals surface area contributed by atoms with Crippen LogP contribution in [0.25, 0.3) is 6.08 Å². The molecule has 0 bridgehead atoms. The van der Waals surface area contributed by atoms with Crippen LogP contribution in [-0.4, -0.2) is 22.8 Å². The molecule has 0 spiro atoms. The van der Waals surface area contributed by atoms with Crippen LogP contribution in [0, 0.1) is 20.8 Å². The number of ether oxygens (including phenoxy) is 1. The molecule has 5 heteroatoms. The lowest BCUT2D eigenvalue weighted by molar-refractivity contribution is -0.116. The summed E-state index contributed by atoms with van der Waals surface area (Å²) in [7, 11) is 1.63. The molecule has 0 aliphatic carbocycles. The predicted octanol–water partition coefficient (Wildman–Crippen LogP) is 4.19. The molecule has 3 aromatic rings. The second kappa shape index (κ2) is 9.24. The van der Waals surface area contributed by atoms with E-state index >= 15 is 0 Å². The quantitative estimate of drug-likeness (QED) is 0.616. The van der Waals surface area contributed by atoms with Gasteiger partial charge in [-0.05, 0) is 44.5 Å². The van der Waals surface area contributed by atoms with Gasteiger partial charge in [0.05, 0.1) is 19.3 Å². The van der Waals surface area contributed by atoms with E-state index in [1.54, 1.807) is 13.2 Å². The van der Waals surface area contributed by atoms with E-state index in [1.165, 1.54) is 11.6 Å². The van der Waals surface area contributed by atoms with Gasteiger partial charge in [0.2, 0.25) is 5.91 Å². The maximum absolute atomic E-state index is 12.3. The Morgan fingerprint density at radius 2 is 1.90 bits per heavy atom. The van der Waals surface area contributed by atoms with Gasteiger partial charge < -0.3 is 10.1 Å². The summed E-state index contributed by atoms with van der Waals surface area (Å²) in [5.41, 5.74) is 6.24. The van der Waals surface area contributed by atoms with E-state index < -0.39 is 0 Å². The Morgan fingerprint density at radius 1 is 1.14 bits per heavy atom. The maximum atomic E-state index is 12.3. The molecule has 3 rings (SSSR count). The van der Waals surface area contributed by atoms with Gasteiger partial charge in [0.25, 0.3) is 0 Å². The number of aryl methyl sites for hydroxylation is 2. The summed E-state index contributed by atoms with van der Waals surface area (Å²) in [5.74, 6) is 0.594. The van der Waals surface area contributed by atoms with Gasteiger partial charge in [-0.15, -0.1) is 0 Å². The van der Waals surface area contributed by atoms with Crippen LogP contribution < -0.4 is 10.1 Å². The highest BCUT2D eigenvalue weighted by molar-refractivity contribution is 5.92. The van der Waals surface area contributed by atoms with Crippen molar-refractivity contribution in [2.45, 2.75) is 33.9 Å². The van der Waals surface area contributed by atoms with Crippen molar-refractivity contribution in [3.63, 3.8) is 0 Å². The second-order valence-electron chi connectivity index (χ2n) is 7.09. The first-order valence-electron chi connectivity index (χ1n) is 9.65. The highest BCUT2D eigenvalue weighted by Gasteiger charge is 2.12. The molecule has 0 radical (unpaired) electrons. The fourth-order valence-electron chi connectivity index (χ4n) is 3.28. The van der Waals surface area contributed by atoms with Gasteiger partial charge in [0.1, 0.15) is 5.75 Å². The number of amides is 1. The fourth-order valence-corrected chi connectivity index (χ4v) is 3.28. The van der Waals surface area contributed by atoms with Crippen molar-refractivity contribution in [2.24, 2.45) is 0 Å². The monoisotopic (exact) mass is 389 g/mol. The SMILES string of the molecule is COc1ccc(C)cc1/C=C/C(=O)NCc1c(C)nn(Cc2ccccc2)c1C. The van der Waals surface area contributed by atoms with Gasteiger partial charge in [-0.2, -0.15) is 5.10 Å². The third kappa shape index (κ3) is 5.13. The van der Waals surface area contributed by atoms with Gasteiger partial charge >= 0.3 is 0 Å². The highest BCUT2D eigenvalue weighted by atomic mass is 16.5. The third-order valence-corrected chi connectivity index (χ3v) is 4.95. The van der Waals surface area contributed by atoms with E-state index in [1.807, 2.05) is 61.9 Å². The van der Waals surface area contributed by atoms with Crippen LogP contribution in [0.3, 0.4) is 0 Å². The molecule has 1 heterocycles. The summed E-state index contributed by atoms with van der Waals surface area (Å²) in [6.45, 7) is 7.19. The molecular formula is C24H27N3O2. The summed E-state index contributed by atoms with van der Waals surface area (Å²) in [6.07, 6.45) is 3.32. The Balaban J connectivity index is 1.65. The van der Waals surface area contributed by atoms with Gasteiger partial charge in [0, 0.05) is 29.4 Å². The number of nitrogens with zero attached hydrogens (tertiary/aromatic N) is 2. The van der Waals surface area contributed by atoms with E-state index in [0.29, 0.717) is 13.1 Å². The molecule has 29 heavy (non-hydrogen) atoms. The van der Waals surface area contributed by atoms with Gasteiger partial charge in [0.15, 0.2) is 0 Å². The minimum Gasteiger partial charge on any atom is -0.496 e. The van der Waals surface area contributed by atoms with Gasteiger partial charge in [-0.1, -0.05) is 42.0 Å². The molecule has 1 amide bonds. The standard InChI is InChI=1S/C24H27N3O2/c1-17-10-12-23(29-4)21(14-17)11-13-24(28)25-15-22-18(2)26-27(19(22)3)16-20-8-6-5-7-9-20/h5-14H,15-16H2,1-4H3,(H,25,28)/b13-11+. The molecule has 2 aromatic carbocycles. The second-order valence-corrected chi connectivity index (χ2v) is 7.09. The molecule has 150 valence electrons. The average molecular weight is 389 g/mol. The Morgan fingerprint density at radius 3 is 2.62 bits per heavy atom. The zero-order valence-corrected chi connectivity index (χ0v) is 17.4. The van der Waals surface area contributed by atoms with Crippen molar-refractivity contribution in [1.82, 2.24) is 15.1 Å². The number of hydrogen-bond acceptors (Lipinski definition) is 3. The lowest BCUT2D eigenvalue weighted by Gasteiger charge is -2.07. The fraction of sp³-hybridized carbons (Fsp3) is 0.250. The van der Waals surface area contributed by atoms with Crippen LogP contribution >= 0.6 is 0 Å². The maximum Gasteiger partial charge on any atom is 0.244 e. The predicted molar refractivity (Wildman–Crippen MR) is 116 cm³/mol. The number of aromatic nitrogens is 2. The number of rotatable bonds is 7. The lowest BCUT2D eigenvalue weighted by atomic mass is 10.1. The Hall–Kier alpha value is -3.34. The molecule has 0 fully saturated rings. The Kier molecular flexibility index (Phi) is 6.50. The van der Waals surface area contributed by atoms with Crippen molar-refractivity contribution in [3.05, 3.63) is 88.2 Å². The number of methoxy groups -OCH3 is 1. The van der Waals surface area contributed by atoms with Crippen LogP contribution in [0.5, 0.6) is 5.75 Å². The van der Waals surface area contributed by atoms with Crippen LogP contribution in [0.2, 0.25) is 0 Å². The number of carbonyl (C=O) groups is 1. The number of carbonyl (C=O) groups excluding carboxylic acids is 1. The first-order chi connectivity index (χ1) is 14.0. The smallest absolute Gasteiger partial charge is 0.244 e. The molecule has 0 aliphatic heterocycles. The first-order valence-corrected chi connectivity index (χ1v) is 9.65. The van der Waals surface area contributed by atoms with E-state index in [-0.39, 0.29) is 5.91 Å².